The summed E-state index contributed by atoms with van der Waals surface area (Å²) in [5.74, 6) is 1.61. The lowest BCUT2D eigenvalue weighted by Crippen LogP contribution is -2.50. The first kappa shape index (κ1) is 24.4. The largest absolute Gasteiger partial charge is 0.444 e. The first-order chi connectivity index (χ1) is 16.3. The van der Waals surface area contributed by atoms with Crippen molar-refractivity contribution in [2.45, 2.75) is 31.5 Å². The van der Waals surface area contributed by atoms with E-state index in [4.69, 9.17) is 14.5 Å². The quantitative estimate of drug-likeness (QED) is 0.501. The standard InChI is InChI=1S/C24H34N6O3S/c1-24(2,3)33-23(31)30-11-9-29(10-12-30)21-17-20(26-22(27-21)34-4)25-18-5-7-19(8-6-18)28-13-15-32-16-14-28/h5-8,17H,9-16H2,1-4H3,(H,25,26,27). The van der Waals surface area contributed by atoms with Gasteiger partial charge in [-0.3, -0.25) is 0 Å². The van der Waals surface area contributed by atoms with Crippen molar-refractivity contribution in [3.05, 3.63) is 30.3 Å². The van der Waals surface area contributed by atoms with E-state index in [9.17, 15) is 4.79 Å². The van der Waals surface area contributed by atoms with E-state index in [0.717, 1.165) is 43.6 Å². The molecule has 184 valence electrons. The van der Waals surface area contributed by atoms with Crippen molar-refractivity contribution in [3.63, 3.8) is 0 Å². The van der Waals surface area contributed by atoms with Gasteiger partial charge < -0.3 is 29.5 Å². The topological polar surface area (TPSA) is 83.1 Å². The highest BCUT2D eigenvalue weighted by Crippen LogP contribution is 2.26. The van der Waals surface area contributed by atoms with Crippen LogP contribution in [0.5, 0.6) is 0 Å². The molecule has 0 atom stereocenters. The van der Waals surface area contributed by atoms with E-state index in [-0.39, 0.29) is 6.09 Å². The van der Waals surface area contributed by atoms with Crippen LogP contribution in [0.2, 0.25) is 0 Å². The Bertz CT molecular complexity index is 968. The third kappa shape index (κ3) is 6.44. The molecule has 0 radical (unpaired) electrons. The summed E-state index contributed by atoms with van der Waals surface area (Å²) < 4.78 is 11.0. The van der Waals surface area contributed by atoms with Gasteiger partial charge in [0.15, 0.2) is 5.16 Å². The molecule has 4 rings (SSSR count). The number of rotatable bonds is 5. The number of benzene rings is 1. The summed E-state index contributed by atoms with van der Waals surface area (Å²) in [4.78, 5) is 28.0. The zero-order chi connectivity index (χ0) is 24.1. The molecule has 0 bridgehead atoms. The smallest absolute Gasteiger partial charge is 0.410 e. The van der Waals surface area contributed by atoms with Crippen molar-refractivity contribution in [3.8, 4) is 0 Å². The van der Waals surface area contributed by atoms with Crippen molar-refractivity contribution in [1.82, 2.24) is 14.9 Å². The van der Waals surface area contributed by atoms with Crippen LogP contribution in [0.3, 0.4) is 0 Å². The second kappa shape index (κ2) is 10.7. The fourth-order valence-corrected chi connectivity index (χ4v) is 4.27. The number of ether oxygens (including phenoxy) is 2. The predicted octanol–water partition coefficient (Wildman–Crippen LogP) is 3.84. The summed E-state index contributed by atoms with van der Waals surface area (Å²) in [7, 11) is 0. The Morgan fingerprint density at radius 2 is 1.68 bits per heavy atom. The number of carbonyl (C=O) groups excluding carboxylic acids is 1. The van der Waals surface area contributed by atoms with Crippen LogP contribution in [0.1, 0.15) is 20.8 Å². The van der Waals surface area contributed by atoms with E-state index in [2.05, 4.69) is 44.4 Å². The molecule has 2 saturated heterocycles. The minimum atomic E-state index is -0.491. The Labute approximate surface area is 205 Å². The molecule has 10 heteroatoms. The van der Waals surface area contributed by atoms with Crippen LogP contribution in [0.4, 0.5) is 27.8 Å². The van der Waals surface area contributed by atoms with Gasteiger partial charge in [0.1, 0.15) is 17.2 Å². The predicted molar refractivity (Wildman–Crippen MR) is 137 cm³/mol. The number of amides is 1. The van der Waals surface area contributed by atoms with Crippen LogP contribution >= 0.6 is 11.8 Å². The fourth-order valence-electron chi connectivity index (χ4n) is 3.90. The molecule has 2 aliphatic rings. The number of anilines is 4. The Morgan fingerprint density at radius 1 is 1.00 bits per heavy atom. The Kier molecular flexibility index (Phi) is 7.67. The maximum Gasteiger partial charge on any atom is 0.410 e. The fraction of sp³-hybridized carbons (Fsp3) is 0.542. The molecule has 1 aromatic carbocycles. The van der Waals surface area contributed by atoms with E-state index in [1.807, 2.05) is 33.1 Å². The zero-order valence-corrected chi connectivity index (χ0v) is 21.2. The van der Waals surface area contributed by atoms with E-state index < -0.39 is 5.60 Å². The molecule has 9 nitrogen and oxygen atoms in total. The lowest BCUT2D eigenvalue weighted by Gasteiger charge is -2.36. The SMILES string of the molecule is CSc1nc(Nc2ccc(N3CCOCC3)cc2)cc(N2CCN(C(=O)OC(C)(C)C)CC2)n1. The van der Waals surface area contributed by atoms with Gasteiger partial charge in [-0.15, -0.1) is 0 Å². The van der Waals surface area contributed by atoms with Gasteiger partial charge in [0.05, 0.1) is 13.2 Å². The number of hydrogen-bond donors (Lipinski definition) is 1. The lowest BCUT2D eigenvalue weighted by atomic mass is 10.2. The van der Waals surface area contributed by atoms with Crippen LogP contribution in [-0.2, 0) is 9.47 Å². The number of morpholine rings is 1. The molecule has 2 aromatic rings. The second-order valence-electron chi connectivity index (χ2n) is 9.32. The molecule has 1 amide bonds. The molecular weight excluding hydrogens is 452 g/mol. The van der Waals surface area contributed by atoms with E-state index >= 15 is 0 Å². The molecule has 0 saturated carbocycles. The average Bonchev–Trinajstić information content (AvgIpc) is 2.84. The van der Waals surface area contributed by atoms with E-state index in [0.29, 0.717) is 31.3 Å². The first-order valence-electron chi connectivity index (χ1n) is 11.7. The molecule has 2 fully saturated rings. The van der Waals surface area contributed by atoms with Crippen molar-refractivity contribution in [2.24, 2.45) is 0 Å². The van der Waals surface area contributed by atoms with E-state index in [1.54, 1.807) is 4.90 Å². The van der Waals surface area contributed by atoms with Gasteiger partial charge in [0, 0.05) is 56.7 Å². The van der Waals surface area contributed by atoms with Crippen molar-refractivity contribution in [2.75, 3.05) is 73.9 Å². The molecule has 1 N–H and O–H groups in total. The lowest BCUT2D eigenvalue weighted by molar-refractivity contribution is 0.0240. The molecule has 0 aliphatic carbocycles. The van der Waals surface area contributed by atoms with Crippen molar-refractivity contribution >= 4 is 40.9 Å². The van der Waals surface area contributed by atoms with Gasteiger partial charge in [-0.05, 0) is 51.3 Å². The number of thioether (sulfide) groups is 1. The number of carbonyl (C=O) groups is 1. The molecule has 0 unspecified atom stereocenters. The highest BCUT2D eigenvalue weighted by atomic mass is 32.2. The third-order valence-corrected chi connectivity index (χ3v) is 6.19. The van der Waals surface area contributed by atoms with Crippen LogP contribution in [0.15, 0.2) is 35.5 Å². The maximum absolute atomic E-state index is 12.4. The number of piperazine rings is 1. The molecule has 2 aliphatic heterocycles. The van der Waals surface area contributed by atoms with Gasteiger partial charge in [0.2, 0.25) is 0 Å². The van der Waals surface area contributed by atoms with Crippen LogP contribution in [0.25, 0.3) is 0 Å². The van der Waals surface area contributed by atoms with Crippen molar-refractivity contribution in [1.29, 1.82) is 0 Å². The second-order valence-corrected chi connectivity index (χ2v) is 10.1. The highest BCUT2D eigenvalue weighted by Gasteiger charge is 2.26. The number of nitrogens with zero attached hydrogens (tertiary/aromatic N) is 5. The molecule has 1 aromatic heterocycles. The van der Waals surface area contributed by atoms with Gasteiger partial charge in [-0.1, -0.05) is 11.8 Å². The summed E-state index contributed by atoms with van der Waals surface area (Å²) in [6.45, 7) is 11.6. The number of aromatic nitrogens is 2. The van der Waals surface area contributed by atoms with Gasteiger partial charge in [0.25, 0.3) is 0 Å². The minimum Gasteiger partial charge on any atom is -0.444 e. The third-order valence-electron chi connectivity index (χ3n) is 5.65. The molecule has 3 heterocycles. The zero-order valence-electron chi connectivity index (χ0n) is 20.4. The summed E-state index contributed by atoms with van der Waals surface area (Å²) in [5, 5.41) is 4.13. The van der Waals surface area contributed by atoms with Crippen molar-refractivity contribution < 1.29 is 14.3 Å². The van der Waals surface area contributed by atoms with Crippen LogP contribution in [0, 0.1) is 0 Å². The highest BCUT2D eigenvalue weighted by molar-refractivity contribution is 7.98. The summed E-state index contributed by atoms with van der Waals surface area (Å²) in [6.07, 6.45) is 1.71. The van der Waals surface area contributed by atoms with Crippen LogP contribution < -0.4 is 15.1 Å². The molecular formula is C24H34N6O3S. The summed E-state index contributed by atoms with van der Waals surface area (Å²) in [5.41, 5.74) is 1.68. The first-order valence-corrected chi connectivity index (χ1v) is 12.9. The van der Waals surface area contributed by atoms with Gasteiger partial charge in [-0.2, -0.15) is 0 Å². The molecule has 0 spiro atoms. The monoisotopic (exact) mass is 486 g/mol. The van der Waals surface area contributed by atoms with Gasteiger partial charge >= 0.3 is 6.09 Å². The number of hydrogen-bond acceptors (Lipinski definition) is 9. The number of nitrogens with one attached hydrogen (secondary N) is 1. The maximum atomic E-state index is 12.4. The summed E-state index contributed by atoms with van der Waals surface area (Å²) >= 11 is 1.51. The average molecular weight is 487 g/mol. The molecule has 34 heavy (non-hydrogen) atoms. The Morgan fingerprint density at radius 3 is 2.29 bits per heavy atom. The minimum absolute atomic E-state index is 0.262. The van der Waals surface area contributed by atoms with Crippen LogP contribution in [-0.4, -0.2) is 85.3 Å². The normalized spacial score (nSPS) is 17.0. The Hall–Kier alpha value is -2.72. The summed E-state index contributed by atoms with van der Waals surface area (Å²) in [6, 6.07) is 10.4. The van der Waals surface area contributed by atoms with E-state index in [1.165, 1.54) is 17.4 Å². The Balaban J connectivity index is 1.41. The van der Waals surface area contributed by atoms with Gasteiger partial charge in [-0.25, -0.2) is 14.8 Å².